The minimum Gasteiger partial charge on any atom is -0.454 e. The highest BCUT2D eigenvalue weighted by molar-refractivity contribution is 7.16. The summed E-state index contributed by atoms with van der Waals surface area (Å²) in [4.78, 5) is 27.6. The van der Waals surface area contributed by atoms with Gasteiger partial charge in [-0.1, -0.05) is 0 Å². The van der Waals surface area contributed by atoms with E-state index >= 15 is 0 Å². The maximum Gasteiger partial charge on any atom is 0.280 e. The first-order valence-corrected chi connectivity index (χ1v) is 8.76. The molecule has 1 aliphatic rings. The molecule has 3 heterocycles. The lowest BCUT2D eigenvalue weighted by molar-refractivity contribution is -0.384. The molecule has 0 saturated heterocycles. The summed E-state index contributed by atoms with van der Waals surface area (Å²) in [5.74, 6) is 0.808. The summed E-state index contributed by atoms with van der Waals surface area (Å²) in [5, 5.41) is 17.1. The molecule has 25 heavy (non-hydrogen) atoms. The van der Waals surface area contributed by atoms with E-state index in [-0.39, 0.29) is 18.4 Å². The molecule has 4 rings (SSSR count). The number of aromatic nitrogens is 1. The lowest BCUT2D eigenvalue weighted by Crippen LogP contribution is -2.11. The van der Waals surface area contributed by atoms with E-state index in [0.717, 1.165) is 0 Å². The Morgan fingerprint density at radius 2 is 2.04 bits per heavy atom. The summed E-state index contributed by atoms with van der Waals surface area (Å²) >= 11 is 2.48. The van der Waals surface area contributed by atoms with Gasteiger partial charge < -0.3 is 9.47 Å². The molecule has 0 aliphatic carbocycles. The number of fused-ring (bicyclic) bond motifs is 1. The summed E-state index contributed by atoms with van der Waals surface area (Å²) in [6.07, 6.45) is 0. The molecule has 0 atom stereocenters. The van der Waals surface area contributed by atoms with Gasteiger partial charge in [0.25, 0.3) is 11.6 Å². The van der Waals surface area contributed by atoms with Crippen molar-refractivity contribution in [1.29, 1.82) is 0 Å². The predicted octanol–water partition coefficient (Wildman–Crippen LogP) is 3.76. The average molecular weight is 375 g/mol. The summed E-state index contributed by atoms with van der Waals surface area (Å²) < 4.78 is 10.5. The molecule has 0 bridgehead atoms. The van der Waals surface area contributed by atoms with Crippen LogP contribution in [0.2, 0.25) is 0 Å². The Morgan fingerprint density at radius 3 is 2.84 bits per heavy atom. The van der Waals surface area contributed by atoms with Gasteiger partial charge in [-0.25, -0.2) is 4.98 Å². The number of carbonyl (C=O) groups excluding carboxylic acids is 1. The molecule has 0 spiro atoms. The molecular weight excluding hydrogens is 366 g/mol. The van der Waals surface area contributed by atoms with E-state index in [1.165, 1.54) is 34.1 Å². The quantitative estimate of drug-likeness (QED) is 0.550. The molecule has 1 N–H and O–H groups in total. The van der Waals surface area contributed by atoms with Crippen molar-refractivity contribution in [3.8, 4) is 22.1 Å². The number of thiazole rings is 1. The third kappa shape index (κ3) is 3.04. The van der Waals surface area contributed by atoms with Crippen LogP contribution in [0.3, 0.4) is 0 Å². The van der Waals surface area contributed by atoms with E-state index in [1.807, 2.05) is 0 Å². The van der Waals surface area contributed by atoms with Crippen LogP contribution in [0.15, 0.2) is 35.0 Å². The zero-order valence-electron chi connectivity index (χ0n) is 12.4. The van der Waals surface area contributed by atoms with Crippen molar-refractivity contribution in [1.82, 2.24) is 4.98 Å². The molecule has 8 nitrogen and oxygen atoms in total. The molecule has 126 valence electrons. The van der Waals surface area contributed by atoms with Crippen LogP contribution in [0.5, 0.6) is 11.5 Å². The van der Waals surface area contributed by atoms with Crippen LogP contribution in [0.25, 0.3) is 10.6 Å². The van der Waals surface area contributed by atoms with Gasteiger partial charge in [-0.2, -0.15) is 0 Å². The highest BCUT2D eigenvalue weighted by atomic mass is 32.1. The molecule has 1 amide bonds. The molecule has 2 aromatic heterocycles. The summed E-state index contributed by atoms with van der Waals surface area (Å²) in [6, 6.07) is 6.38. The number of nitrogens with zero attached hydrogens (tertiary/aromatic N) is 2. The second-order valence-corrected chi connectivity index (χ2v) is 6.76. The third-order valence-corrected chi connectivity index (χ3v) is 5.11. The standard InChI is InChI=1S/C15H9N3O5S2/c19-14(8-1-2-11-12(3-8)23-7-22-11)17-15-16-10(6-25-15)13-4-9(5-24-13)18(20)21/h1-6H,7H2,(H,16,17,19). The zero-order chi connectivity index (χ0) is 17.4. The third-order valence-electron chi connectivity index (χ3n) is 3.41. The number of anilines is 1. The van der Waals surface area contributed by atoms with Gasteiger partial charge in [0.15, 0.2) is 16.6 Å². The maximum atomic E-state index is 12.3. The average Bonchev–Trinajstić information content (AvgIpc) is 3.33. The van der Waals surface area contributed by atoms with Gasteiger partial charge in [-0.15, -0.1) is 22.7 Å². The summed E-state index contributed by atoms with van der Waals surface area (Å²) in [6.45, 7) is 0.142. The SMILES string of the molecule is O=C(Nc1nc(-c2cc([N+](=O)[O-])cs2)cs1)c1ccc2c(c1)OCO2. The van der Waals surface area contributed by atoms with E-state index in [4.69, 9.17) is 9.47 Å². The minimum atomic E-state index is -0.450. The number of amides is 1. The Hall–Kier alpha value is -2.98. The molecule has 1 aromatic carbocycles. The monoisotopic (exact) mass is 375 g/mol. The molecule has 0 unspecified atom stereocenters. The Bertz CT molecular complexity index is 981. The predicted molar refractivity (Wildman–Crippen MR) is 92.6 cm³/mol. The van der Waals surface area contributed by atoms with Crippen molar-refractivity contribution in [3.05, 3.63) is 50.7 Å². The molecule has 0 fully saturated rings. The second-order valence-electron chi connectivity index (χ2n) is 4.99. The number of thiophene rings is 1. The molecule has 3 aromatic rings. The minimum absolute atomic E-state index is 0.0268. The van der Waals surface area contributed by atoms with Crippen LogP contribution >= 0.6 is 22.7 Å². The number of rotatable bonds is 4. The fourth-order valence-electron chi connectivity index (χ4n) is 2.21. The lowest BCUT2D eigenvalue weighted by Gasteiger charge is -2.03. The number of benzene rings is 1. The van der Waals surface area contributed by atoms with Gasteiger partial charge in [0.05, 0.1) is 20.9 Å². The van der Waals surface area contributed by atoms with Crippen LogP contribution in [-0.4, -0.2) is 22.6 Å². The number of carbonyl (C=O) groups is 1. The zero-order valence-corrected chi connectivity index (χ0v) is 14.1. The van der Waals surface area contributed by atoms with E-state index < -0.39 is 4.92 Å². The highest BCUT2D eigenvalue weighted by Gasteiger charge is 2.18. The smallest absolute Gasteiger partial charge is 0.280 e. The van der Waals surface area contributed by atoms with Crippen molar-refractivity contribution < 1.29 is 19.2 Å². The Labute approximate surface area is 148 Å². The van der Waals surface area contributed by atoms with E-state index in [0.29, 0.717) is 32.8 Å². The van der Waals surface area contributed by atoms with Gasteiger partial charge in [0, 0.05) is 17.0 Å². The number of ether oxygens (including phenoxy) is 2. The van der Waals surface area contributed by atoms with Gasteiger partial charge >= 0.3 is 0 Å². The largest absolute Gasteiger partial charge is 0.454 e. The van der Waals surface area contributed by atoms with E-state index in [2.05, 4.69) is 10.3 Å². The van der Waals surface area contributed by atoms with Crippen molar-refractivity contribution in [2.24, 2.45) is 0 Å². The first-order chi connectivity index (χ1) is 12.1. The van der Waals surface area contributed by atoms with E-state index in [1.54, 1.807) is 23.6 Å². The molecular formula is C15H9N3O5S2. The van der Waals surface area contributed by atoms with Crippen molar-refractivity contribution in [2.45, 2.75) is 0 Å². The Morgan fingerprint density at radius 1 is 1.20 bits per heavy atom. The molecule has 0 saturated carbocycles. The second kappa shape index (κ2) is 6.15. The van der Waals surface area contributed by atoms with Crippen LogP contribution in [0.1, 0.15) is 10.4 Å². The van der Waals surface area contributed by atoms with Crippen molar-refractivity contribution >= 4 is 39.4 Å². The number of nitrogens with one attached hydrogen (secondary N) is 1. The van der Waals surface area contributed by atoms with Crippen molar-refractivity contribution in [3.63, 3.8) is 0 Å². The fourth-order valence-corrected chi connectivity index (χ4v) is 3.80. The topological polar surface area (TPSA) is 104 Å². The molecule has 0 radical (unpaired) electrons. The number of hydrogen-bond donors (Lipinski definition) is 1. The van der Waals surface area contributed by atoms with Gasteiger partial charge in [0.1, 0.15) is 0 Å². The number of hydrogen-bond acceptors (Lipinski definition) is 8. The normalized spacial score (nSPS) is 12.2. The van der Waals surface area contributed by atoms with Crippen molar-refractivity contribution in [2.75, 3.05) is 12.1 Å². The number of nitro groups is 1. The van der Waals surface area contributed by atoms with E-state index in [9.17, 15) is 14.9 Å². The molecule has 10 heteroatoms. The Kier molecular flexibility index (Phi) is 3.82. The fraction of sp³-hybridized carbons (Fsp3) is 0.0667. The first kappa shape index (κ1) is 15.5. The highest BCUT2D eigenvalue weighted by Crippen LogP contribution is 2.34. The lowest BCUT2D eigenvalue weighted by atomic mass is 10.2. The Balaban J connectivity index is 1.50. The van der Waals surface area contributed by atoms with Crippen LogP contribution in [0, 0.1) is 10.1 Å². The van der Waals surface area contributed by atoms with Gasteiger partial charge in [-0.05, 0) is 18.2 Å². The maximum absolute atomic E-state index is 12.3. The summed E-state index contributed by atoms with van der Waals surface area (Å²) in [5.41, 5.74) is 1.04. The first-order valence-electron chi connectivity index (χ1n) is 7.00. The van der Waals surface area contributed by atoms with Crippen LogP contribution in [0.4, 0.5) is 10.8 Å². The van der Waals surface area contributed by atoms with Gasteiger partial charge in [-0.3, -0.25) is 20.2 Å². The van der Waals surface area contributed by atoms with Crippen LogP contribution < -0.4 is 14.8 Å². The molecule has 1 aliphatic heterocycles. The van der Waals surface area contributed by atoms with Crippen LogP contribution in [-0.2, 0) is 0 Å². The summed E-state index contributed by atoms with van der Waals surface area (Å²) in [7, 11) is 0. The van der Waals surface area contributed by atoms with Gasteiger partial charge in [0.2, 0.25) is 6.79 Å².